The molecule has 6 heteroatoms. The number of hydrogen-bond acceptors (Lipinski definition) is 6. The van der Waals surface area contributed by atoms with Crippen molar-refractivity contribution >= 4 is 28.0 Å². The molecule has 0 aliphatic heterocycles. The van der Waals surface area contributed by atoms with E-state index < -0.39 is 5.97 Å². The van der Waals surface area contributed by atoms with Crippen molar-refractivity contribution in [3.8, 4) is 6.07 Å². The average molecular weight is 197 g/mol. The summed E-state index contributed by atoms with van der Waals surface area (Å²) in [4.78, 5) is 11.2. The van der Waals surface area contributed by atoms with Crippen LogP contribution in [0.5, 0.6) is 0 Å². The molecule has 1 aromatic rings. The smallest absolute Gasteiger partial charge is 0.350 e. The fourth-order valence-corrected chi connectivity index (χ4v) is 1.68. The fraction of sp³-hybridized carbons (Fsp3) is 0.143. The SMILES string of the molecule is COC(=O)c1sc(N)c(C#N)c1N. The van der Waals surface area contributed by atoms with Gasteiger partial charge in [-0.25, -0.2) is 4.79 Å². The second-order valence-corrected chi connectivity index (χ2v) is 3.24. The number of ether oxygens (including phenoxy) is 1. The molecule has 1 heterocycles. The van der Waals surface area contributed by atoms with Gasteiger partial charge in [-0.05, 0) is 0 Å². The maximum absolute atomic E-state index is 11.1. The molecule has 0 aliphatic carbocycles. The lowest BCUT2D eigenvalue weighted by molar-refractivity contribution is 0.0607. The Labute approximate surface area is 78.5 Å². The van der Waals surface area contributed by atoms with E-state index in [9.17, 15) is 4.79 Å². The topological polar surface area (TPSA) is 102 Å². The van der Waals surface area contributed by atoms with Crippen molar-refractivity contribution in [1.82, 2.24) is 0 Å². The lowest BCUT2D eigenvalue weighted by atomic mass is 10.2. The largest absolute Gasteiger partial charge is 0.465 e. The second kappa shape index (κ2) is 3.33. The molecule has 68 valence electrons. The van der Waals surface area contributed by atoms with Gasteiger partial charge in [0, 0.05) is 0 Å². The number of carbonyl (C=O) groups is 1. The van der Waals surface area contributed by atoms with E-state index in [1.807, 2.05) is 6.07 Å². The molecule has 5 nitrogen and oxygen atoms in total. The second-order valence-electron chi connectivity index (χ2n) is 2.19. The van der Waals surface area contributed by atoms with Crippen LogP contribution >= 0.6 is 11.3 Å². The maximum Gasteiger partial charge on any atom is 0.350 e. The van der Waals surface area contributed by atoms with E-state index >= 15 is 0 Å². The zero-order valence-corrected chi connectivity index (χ0v) is 7.64. The van der Waals surface area contributed by atoms with Gasteiger partial charge in [0.15, 0.2) is 0 Å². The summed E-state index contributed by atoms with van der Waals surface area (Å²) >= 11 is 0.954. The van der Waals surface area contributed by atoms with E-state index in [1.165, 1.54) is 7.11 Å². The van der Waals surface area contributed by atoms with E-state index in [0.29, 0.717) is 0 Å². The Kier molecular flexibility index (Phi) is 2.39. The van der Waals surface area contributed by atoms with E-state index in [2.05, 4.69) is 4.74 Å². The number of thiophene rings is 1. The minimum Gasteiger partial charge on any atom is -0.465 e. The number of carbonyl (C=O) groups excluding carboxylic acids is 1. The minimum absolute atomic E-state index is 0.0943. The summed E-state index contributed by atoms with van der Waals surface area (Å²) in [5, 5.41) is 8.85. The number of anilines is 2. The molecule has 0 aromatic carbocycles. The summed E-state index contributed by atoms with van der Waals surface area (Å²) in [7, 11) is 1.24. The fourth-order valence-electron chi connectivity index (χ4n) is 0.822. The third-order valence-electron chi connectivity index (χ3n) is 1.45. The van der Waals surface area contributed by atoms with Crippen molar-refractivity contribution in [3.63, 3.8) is 0 Å². The Hall–Kier alpha value is -1.74. The van der Waals surface area contributed by atoms with Gasteiger partial charge >= 0.3 is 5.97 Å². The Morgan fingerprint density at radius 2 is 2.23 bits per heavy atom. The maximum atomic E-state index is 11.1. The van der Waals surface area contributed by atoms with Crippen LogP contribution in [0.1, 0.15) is 15.2 Å². The van der Waals surface area contributed by atoms with Gasteiger partial charge in [-0.2, -0.15) is 5.26 Å². The Morgan fingerprint density at radius 1 is 1.62 bits per heavy atom. The first kappa shape index (κ1) is 9.35. The number of nitrogen functional groups attached to an aromatic ring is 2. The van der Waals surface area contributed by atoms with Crippen LogP contribution in [-0.2, 0) is 4.74 Å². The van der Waals surface area contributed by atoms with Crippen LogP contribution in [0.25, 0.3) is 0 Å². The molecular formula is C7H7N3O2S. The highest BCUT2D eigenvalue weighted by molar-refractivity contribution is 7.18. The summed E-state index contributed by atoms with van der Waals surface area (Å²) < 4.78 is 4.46. The van der Waals surface area contributed by atoms with Gasteiger partial charge in [-0.1, -0.05) is 0 Å². The van der Waals surface area contributed by atoms with Gasteiger partial charge in [0.25, 0.3) is 0 Å². The quantitative estimate of drug-likeness (QED) is 0.641. The summed E-state index contributed by atoms with van der Waals surface area (Å²) in [6.07, 6.45) is 0. The number of rotatable bonds is 1. The molecule has 0 atom stereocenters. The molecule has 1 aromatic heterocycles. The molecule has 0 radical (unpaired) electrons. The first-order valence-corrected chi connectivity index (χ1v) is 4.09. The number of esters is 1. The van der Waals surface area contributed by atoms with Crippen molar-refractivity contribution in [2.75, 3.05) is 18.6 Å². The summed E-state index contributed by atoms with van der Waals surface area (Å²) in [5.74, 6) is -0.573. The normalized spacial score (nSPS) is 9.23. The van der Waals surface area contributed by atoms with Crippen LogP contribution in [0.3, 0.4) is 0 Å². The van der Waals surface area contributed by atoms with Gasteiger partial charge in [0.05, 0.1) is 12.8 Å². The van der Waals surface area contributed by atoms with E-state index in [-0.39, 0.29) is 21.1 Å². The number of nitrogens with zero attached hydrogens (tertiary/aromatic N) is 1. The third kappa shape index (κ3) is 1.41. The van der Waals surface area contributed by atoms with Crippen LogP contribution in [0.15, 0.2) is 0 Å². The van der Waals surface area contributed by atoms with Crippen molar-refractivity contribution < 1.29 is 9.53 Å². The first-order valence-electron chi connectivity index (χ1n) is 3.28. The molecule has 0 bridgehead atoms. The van der Waals surface area contributed by atoms with Gasteiger partial charge in [0.1, 0.15) is 21.5 Å². The molecule has 4 N–H and O–H groups in total. The zero-order chi connectivity index (χ0) is 10.0. The van der Waals surface area contributed by atoms with Gasteiger partial charge in [0.2, 0.25) is 0 Å². The summed E-state index contributed by atoms with van der Waals surface area (Å²) in [6.45, 7) is 0. The van der Waals surface area contributed by atoms with E-state index in [4.69, 9.17) is 16.7 Å². The Balaban J connectivity index is 3.28. The predicted octanol–water partition coefficient (Wildman–Crippen LogP) is 0.571. The molecular weight excluding hydrogens is 190 g/mol. The molecule has 0 amide bonds. The van der Waals surface area contributed by atoms with Crippen LogP contribution in [-0.4, -0.2) is 13.1 Å². The molecule has 0 spiro atoms. The molecule has 1 rings (SSSR count). The van der Waals surface area contributed by atoms with Crippen molar-refractivity contribution in [1.29, 1.82) is 5.26 Å². The first-order chi connectivity index (χ1) is 6.11. The van der Waals surface area contributed by atoms with Gasteiger partial charge in [-0.15, -0.1) is 11.3 Å². The summed E-state index contributed by atoms with van der Waals surface area (Å²) in [6, 6.07) is 1.82. The molecule has 0 saturated carbocycles. The minimum atomic E-state index is -0.573. The molecule has 0 fully saturated rings. The van der Waals surface area contributed by atoms with Crippen molar-refractivity contribution in [2.45, 2.75) is 0 Å². The van der Waals surface area contributed by atoms with E-state index in [1.54, 1.807) is 0 Å². The highest BCUT2D eigenvalue weighted by Gasteiger charge is 2.19. The zero-order valence-electron chi connectivity index (χ0n) is 6.83. The predicted molar refractivity (Wildman–Crippen MR) is 49.2 cm³/mol. The lowest BCUT2D eigenvalue weighted by Gasteiger charge is -1.94. The molecule has 0 aliphatic rings. The molecule has 0 unspecified atom stereocenters. The highest BCUT2D eigenvalue weighted by Crippen LogP contribution is 2.32. The number of hydrogen-bond donors (Lipinski definition) is 2. The van der Waals surface area contributed by atoms with Crippen molar-refractivity contribution in [3.05, 3.63) is 10.4 Å². The van der Waals surface area contributed by atoms with Gasteiger partial charge < -0.3 is 16.2 Å². The summed E-state index contributed by atoms with van der Waals surface area (Å²) in [5.41, 5.74) is 11.2. The standard InChI is InChI=1S/C7H7N3O2S/c1-12-7(11)5-4(9)3(2-8)6(10)13-5/h9-10H2,1H3. The molecule has 13 heavy (non-hydrogen) atoms. The third-order valence-corrected chi connectivity index (χ3v) is 2.47. The lowest BCUT2D eigenvalue weighted by Crippen LogP contribution is -2.02. The Morgan fingerprint density at radius 3 is 2.62 bits per heavy atom. The van der Waals surface area contributed by atoms with Crippen LogP contribution < -0.4 is 11.5 Å². The number of nitrogens with two attached hydrogens (primary N) is 2. The van der Waals surface area contributed by atoms with E-state index in [0.717, 1.165) is 11.3 Å². The van der Waals surface area contributed by atoms with Crippen LogP contribution in [0, 0.1) is 11.3 Å². The van der Waals surface area contributed by atoms with Crippen molar-refractivity contribution in [2.24, 2.45) is 0 Å². The van der Waals surface area contributed by atoms with Crippen LogP contribution in [0.2, 0.25) is 0 Å². The Bertz CT molecular complexity index is 391. The molecule has 0 saturated heterocycles. The van der Waals surface area contributed by atoms with Crippen LogP contribution in [0.4, 0.5) is 10.7 Å². The average Bonchev–Trinajstić information content (AvgIpc) is 2.40. The monoisotopic (exact) mass is 197 g/mol. The number of methoxy groups -OCH3 is 1. The highest BCUT2D eigenvalue weighted by atomic mass is 32.1. The van der Waals surface area contributed by atoms with Gasteiger partial charge in [-0.3, -0.25) is 0 Å². The number of nitriles is 1.